The smallest absolute Gasteiger partial charge is 0.387 e. The third-order valence-corrected chi connectivity index (χ3v) is 5.96. The van der Waals surface area contributed by atoms with E-state index in [0.29, 0.717) is 0 Å². The van der Waals surface area contributed by atoms with Crippen molar-refractivity contribution in [2.75, 3.05) is 6.54 Å². The molecule has 0 unspecified atom stereocenters. The molecule has 2 aromatic heterocycles. The van der Waals surface area contributed by atoms with E-state index in [1.807, 2.05) is 48.1 Å². The fourth-order valence-corrected chi connectivity index (χ4v) is 4.13. The average molecular weight is 490 g/mol. The van der Waals surface area contributed by atoms with Crippen LogP contribution in [0.25, 0.3) is 11.1 Å². The zero-order valence-corrected chi connectivity index (χ0v) is 19.1. The van der Waals surface area contributed by atoms with E-state index in [1.54, 1.807) is 6.20 Å². The predicted octanol–water partition coefficient (Wildman–Crippen LogP) is 5.38. The molecule has 0 saturated heterocycles. The molecule has 10 heteroatoms. The zero-order chi connectivity index (χ0) is 24.3. The Morgan fingerprint density at radius 3 is 2.79 bits per heavy atom. The van der Waals surface area contributed by atoms with Gasteiger partial charge in [0.2, 0.25) is 0 Å². The van der Waals surface area contributed by atoms with Crippen LogP contribution in [0.2, 0.25) is 5.02 Å². The number of benzene rings is 1. The standard InChI is InChI=1S/C24H23ClF3N5O/c1-2-33-14-17(13-31-33)15-6-5-7-16(12-15)21(19-8-3-4-10-29-19)32-23(34)22-20(25)18(9-11-30-22)24(26,27)28/h5-9,11-14,21,29H,2-4,10H2,1H3,(H,32,34)/t21-/m0/s1. The van der Waals surface area contributed by atoms with Crippen LogP contribution in [0.3, 0.4) is 0 Å². The van der Waals surface area contributed by atoms with Crippen LogP contribution in [0.5, 0.6) is 0 Å². The number of pyridine rings is 1. The molecule has 1 aliphatic rings. The van der Waals surface area contributed by atoms with Gasteiger partial charge in [-0.2, -0.15) is 18.3 Å². The third kappa shape index (κ3) is 5.09. The highest BCUT2D eigenvalue weighted by molar-refractivity contribution is 6.34. The molecule has 0 spiro atoms. The number of alkyl halides is 3. The van der Waals surface area contributed by atoms with Crippen LogP contribution < -0.4 is 10.6 Å². The summed E-state index contributed by atoms with van der Waals surface area (Å²) in [5.41, 5.74) is 1.78. The Bertz CT molecular complexity index is 1220. The molecule has 0 saturated carbocycles. The summed E-state index contributed by atoms with van der Waals surface area (Å²) in [6.45, 7) is 3.45. The maximum Gasteiger partial charge on any atom is 0.417 e. The van der Waals surface area contributed by atoms with E-state index in [-0.39, 0.29) is 0 Å². The van der Waals surface area contributed by atoms with Crippen LogP contribution in [0.1, 0.15) is 47.4 Å². The van der Waals surface area contributed by atoms with E-state index in [2.05, 4.69) is 20.7 Å². The SMILES string of the molecule is CCn1cc(-c2cccc([C@H](NC(=O)c3nccc(C(F)(F)F)c3Cl)C3=CCCCN3)c2)cn1. The fourth-order valence-electron chi connectivity index (χ4n) is 3.83. The van der Waals surface area contributed by atoms with E-state index in [9.17, 15) is 18.0 Å². The molecule has 0 radical (unpaired) electrons. The Balaban J connectivity index is 1.69. The zero-order valence-electron chi connectivity index (χ0n) is 18.4. The van der Waals surface area contributed by atoms with E-state index in [1.165, 1.54) is 0 Å². The van der Waals surface area contributed by atoms with Gasteiger partial charge in [-0.05, 0) is 43.0 Å². The molecule has 4 rings (SSSR count). The maximum atomic E-state index is 13.3. The summed E-state index contributed by atoms with van der Waals surface area (Å²) >= 11 is 5.94. The van der Waals surface area contributed by atoms with E-state index >= 15 is 0 Å². The van der Waals surface area contributed by atoms with Gasteiger partial charge in [-0.3, -0.25) is 9.48 Å². The first kappa shape index (κ1) is 23.8. The van der Waals surface area contributed by atoms with Crippen LogP contribution in [0.15, 0.2) is 60.7 Å². The number of amides is 1. The molecule has 6 nitrogen and oxygen atoms in total. The molecule has 34 heavy (non-hydrogen) atoms. The van der Waals surface area contributed by atoms with E-state index < -0.39 is 34.4 Å². The molecule has 2 N–H and O–H groups in total. The lowest BCUT2D eigenvalue weighted by Gasteiger charge is -2.26. The van der Waals surface area contributed by atoms with Crippen LogP contribution in [0.4, 0.5) is 13.2 Å². The lowest BCUT2D eigenvalue weighted by atomic mass is 9.97. The number of hydrogen-bond acceptors (Lipinski definition) is 4. The number of aryl methyl sites for hydroxylation is 1. The predicted molar refractivity (Wildman–Crippen MR) is 123 cm³/mol. The number of halogens is 4. The van der Waals surface area contributed by atoms with Crippen molar-refractivity contribution in [1.29, 1.82) is 0 Å². The quantitative estimate of drug-likeness (QED) is 0.488. The van der Waals surface area contributed by atoms with Gasteiger partial charge in [0.1, 0.15) is 5.69 Å². The Morgan fingerprint density at radius 1 is 1.29 bits per heavy atom. The number of rotatable bonds is 6. The molecule has 1 atom stereocenters. The van der Waals surface area contributed by atoms with Gasteiger partial charge in [-0.1, -0.05) is 35.9 Å². The minimum atomic E-state index is -4.70. The summed E-state index contributed by atoms with van der Waals surface area (Å²) in [7, 11) is 0. The monoisotopic (exact) mass is 489 g/mol. The summed E-state index contributed by atoms with van der Waals surface area (Å²) in [6, 6.07) is 7.72. The highest BCUT2D eigenvalue weighted by Crippen LogP contribution is 2.36. The molecule has 0 bridgehead atoms. The largest absolute Gasteiger partial charge is 0.417 e. The average Bonchev–Trinajstić information content (AvgIpc) is 3.32. The summed E-state index contributed by atoms with van der Waals surface area (Å²) in [6.07, 6.45) is 3.68. The first-order valence-electron chi connectivity index (χ1n) is 10.9. The molecule has 1 aromatic carbocycles. The van der Waals surface area contributed by atoms with Crippen molar-refractivity contribution in [3.05, 3.63) is 82.5 Å². The molecular formula is C24H23ClF3N5O. The van der Waals surface area contributed by atoms with Crippen molar-refractivity contribution < 1.29 is 18.0 Å². The molecule has 1 aliphatic heterocycles. The summed E-state index contributed by atoms with van der Waals surface area (Å²) in [5, 5.41) is 9.71. The second kappa shape index (κ2) is 9.89. The first-order chi connectivity index (χ1) is 16.3. The summed E-state index contributed by atoms with van der Waals surface area (Å²) in [4.78, 5) is 16.9. The van der Waals surface area contributed by atoms with Crippen molar-refractivity contribution in [2.45, 2.75) is 38.5 Å². The van der Waals surface area contributed by atoms with Crippen molar-refractivity contribution in [3.63, 3.8) is 0 Å². The highest BCUT2D eigenvalue weighted by atomic mass is 35.5. The summed E-state index contributed by atoms with van der Waals surface area (Å²) < 4.78 is 41.6. The van der Waals surface area contributed by atoms with Gasteiger partial charge in [0.05, 0.1) is 22.8 Å². The van der Waals surface area contributed by atoms with Crippen LogP contribution in [-0.2, 0) is 12.7 Å². The molecular weight excluding hydrogens is 467 g/mol. The number of nitrogens with one attached hydrogen (secondary N) is 2. The Morgan fingerprint density at radius 2 is 2.12 bits per heavy atom. The van der Waals surface area contributed by atoms with Crippen LogP contribution in [-0.4, -0.2) is 27.2 Å². The lowest BCUT2D eigenvalue weighted by molar-refractivity contribution is -0.137. The molecule has 3 heterocycles. The third-order valence-electron chi connectivity index (χ3n) is 5.58. The molecule has 0 fully saturated rings. The minimum Gasteiger partial charge on any atom is -0.387 e. The number of carbonyl (C=O) groups excluding carboxylic acids is 1. The second-order valence-corrected chi connectivity index (χ2v) is 8.24. The van der Waals surface area contributed by atoms with Crippen LogP contribution in [0, 0.1) is 0 Å². The minimum absolute atomic E-state index is 0.474. The van der Waals surface area contributed by atoms with Gasteiger partial charge < -0.3 is 10.6 Å². The Labute approximate surface area is 199 Å². The number of nitrogens with zero attached hydrogens (tertiary/aromatic N) is 3. The molecule has 3 aromatic rings. The number of hydrogen-bond donors (Lipinski definition) is 2. The number of allylic oxidation sites excluding steroid dienone is 1. The fraction of sp³-hybridized carbons (Fsp3) is 0.292. The molecule has 1 amide bonds. The van der Waals surface area contributed by atoms with Gasteiger partial charge in [0, 0.05) is 36.7 Å². The van der Waals surface area contributed by atoms with Crippen LogP contribution >= 0.6 is 11.6 Å². The van der Waals surface area contributed by atoms with Crippen molar-refractivity contribution in [2.24, 2.45) is 0 Å². The maximum absolute atomic E-state index is 13.3. The van der Waals surface area contributed by atoms with Gasteiger partial charge in [-0.15, -0.1) is 0 Å². The van der Waals surface area contributed by atoms with Gasteiger partial charge in [-0.25, -0.2) is 4.98 Å². The molecule has 0 aliphatic carbocycles. The van der Waals surface area contributed by atoms with E-state index in [0.717, 1.165) is 60.6 Å². The van der Waals surface area contributed by atoms with Gasteiger partial charge >= 0.3 is 6.18 Å². The second-order valence-electron chi connectivity index (χ2n) is 7.86. The number of carbonyl (C=O) groups is 1. The first-order valence-corrected chi connectivity index (χ1v) is 11.2. The lowest BCUT2D eigenvalue weighted by Crippen LogP contribution is -2.36. The van der Waals surface area contributed by atoms with E-state index in [4.69, 9.17) is 11.6 Å². The Hall–Kier alpha value is -3.33. The van der Waals surface area contributed by atoms with Crippen molar-refractivity contribution in [3.8, 4) is 11.1 Å². The highest BCUT2D eigenvalue weighted by Gasteiger charge is 2.35. The van der Waals surface area contributed by atoms with Crippen molar-refractivity contribution in [1.82, 2.24) is 25.4 Å². The Kier molecular flexibility index (Phi) is 6.92. The van der Waals surface area contributed by atoms with Gasteiger partial charge in [0.25, 0.3) is 5.91 Å². The van der Waals surface area contributed by atoms with Gasteiger partial charge in [0.15, 0.2) is 0 Å². The normalized spacial score (nSPS) is 14.8. The summed E-state index contributed by atoms with van der Waals surface area (Å²) in [5.74, 6) is -0.793. The van der Waals surface area contributed by atoms with Crippen molar-refractivity contribution >= 4 is 17.5 Å². The topological polar surface area (TPSA) is 71.8 Å². The molecule has 178 valence electrons. The number of aromatic nitrogens is 3.